The highest BCUT2D eigenvalue weighted by Crippen LogP contribution is 2.22. The fourth-order valence-electron chi connectivity index (χ4n) is 1.90. The number of rotatable bonds is 6. The fourth-order valence-corrected chi connectivity index (χ4v) is 3.00. The summed E-state index contributed by atoms with van der Waals surface area (Å²) in [5.41, 5.74) is 0.281. The molecule has 0 fully saturated rings. The van der Waals surface area contributed by atoms with Crippen molar-refractivity contribution in [2.24, 2.45) is 0 Å². The van der Waals surface area contributed by atoms with E-state index in [1.807, 2.05) is 13.0 Å². The third-order valence-corrected chi connectivity index (χ3v) is 4.36. The monoisotopic (exact) mass is 353 g/mol. The van der Waals surface area contributed by atoms with Crippen LogP contribution in [0.25, 0.3) is 0 Å². The van der Waals surface area contributed by atoms with E-state index in [2.05, 4.69) is 0 Å². The number of hydrogen-bond donors (Lipinski definition) is 1. The van der Waals surface area contributed by atoms with Crippen LogP contribution in [0.1, 0.15) is 22.2 Å². The highest BCUT2D eigenvalue weighted by atomic mass is 35.5. The Bertz CT molecular complexity index is 684. The van der Waals surface area contributed by atoms with Gasteiger partial charge in [0.05, 0.1) is 16.4 Å². The zero-order chi connectivity index (χ0) is 16.8. The lowest BCUT2D eigenvalue weighted by Crippen LogP contribution is -2.33. The maximum Gasteiger partial charge on any atom is 0.338 e. The molecule has 1 amide bonds. The van der Waals surface area contributed by atoms with Crippen LogP contribution >= 0.6 is 22.9 Å². The maximum absolute atomic E-state index is 12.2. The van der Waals surface area contributed by atoms with E-state index in [0.29, 0.717) is 17.4 Å². The Morgan fingerprint density at radius 1 is 1.22 bits per heavy atom. The van der Waals surface area contributed by atoms with Gasteiger partial charge in [-0.15, -0.1) is 11.3 Å². The summed E-state index contributed by atoms with van der Waals surface area (Å²) in [6.45, 7) is 2.47. The van der Waals surface area contributed by atoms with Crippen molar-refractivity contribution >= 4 is 34.8 Å². The summed E-state index contributed by atoms with van der Waals surface area (Å²) in [4.78, 5) is 26.6. The lowest BCUT2D eigenvalue weighted by atomic mass is 10.2. The summed E-state index contributed by atoms with van der Waals surface area (Å²) in [5, 5.41) is 9.18. The van der Waals surface area contributed by atoms with Gasteiger partial charge in [-0.1, -0.05) is 11.6 Å². The van der Waals surface area contributed by atoms with Crippen LogP contribution in [0.4, 0.5) is 0 Å². The molecule has 1 N–H and O–H groups in total. The zero-order valence-corrected chi connectivity index (χ0v) is 14.1. The minimum absolute atomic E-state index is 0.0596. The lowest BCUT2D eigenvalue weighted by Gasteiger charge is -2.19. The largest absolute Gasteiger partial charge is 0.508 e. The van der Waals surface area contributed by atoms with Crippen molar-refractivity contribution in [3.8, 4) is 5.75 Å². The molecule has 0 spiro atoms. The second-order valence-corrected chi connectivity index (χ2v) is 6.54. The standard InChI is InChI=1S/C16H16ClNO4S/c1-2-18(9-13-7-8-14(17)23-13)15(20)10-22-16(21)11-3-5-12(19)6-4-11/h3-8,19H,2,9-10H2,1H3. The third-order valence-electron chi connectivity index (χ3n) is 3.14. The number of benzene rings is 1. The summed E-state index contributed by atoms with van der Waals surface area (Å²) in [7, 11) is 0. The fraction of sp³-hybridized carbons (Fsp3) is 0.250. The van der Waals surface area contributed by atoms with E-state index in [9.17, 15) is 14.7 Å². The van der Waals surface area contributed by atoms with Crippen LogP contribution in [0.15, 0.2) is 36.4 Å². The van der Waals surface area contributed by atoms with E-state index in [1.165, 1.54) is 35.6 Å². The molecule has 7 heteroatoms. The minimum atomic E-state index is -0.603. The SMILES string of the molecule is CCN(Cc1ccc(Cl)s1)C(=O)COC(=O)c1ccc(O)cc1. The molecular formula is C16H16ClNO4S. The van der Waals surface area contributed by atoms with Crippen LogP contribution in [0.5, 0.6) is 5.75 Å². The van der Waals surface area contributed by atoms with Crippen LogP contribution < -0.4 is 0 Å². The Morgan fingerprint density at radius 3 is 2.48 bits per heavy atom. The Morgan fingerprint density at radius 2 is 1.91 bits per heavy atom. The average molecular weight is 354 g/mol. The molecule has 0 aliphatic carbocycles. The van der Waals surface area contributed by atoms with Crippen molar-refractivity contribution in [3.63, 3.8) is 0 Å². The van der Waals surface area contributed by atoms with Gasteiger partial charge in [0, 0.05) is 11.4 Å². The van der Waals surface area contributed by atoms with E-state index in [4.69, 9.17) is 16.3 Å². The van der Waals surface area contributed by atoms with Gasteiger partial charge in [-0.2, -0.15) is 0 Å². The van der Waals surface area contributed by atoms with E-state index in [0.717, 1.165) is 4.88 Å². The van der Waals surface area contributed by atoms with Crippen LogP contribution in [-0.2, 0) is 16.1 Å². The number of likely N-dealkylation sites (N-methyl/N-ethyl adjacent to an activating group) is 1. The van der Waals surface area contributed by atoms with Gasteiger partial charge in [0.1, 0.15) is 5.75 Å². The summed E-state index contributed by atoms with van der Waals surface area (Å²) in [6.07, 6.45) is 0. The Kier molecular flexibility index (Phi) is 6.01. The molecular weight excluding hydrogens is 338 g/mol. The van der Waals surface area contributed by atoms with Crippen LogP contribution in [0.2, 0.25) is 4.34 Å². The number of thiophene rings is 1. The number of carbonyl (C=O) groups is 2. The number of halogens is 1. The number of aromatic hydroxyl groups is 1. The molecule has 0 unspecified atom stereocenters. The van der Waals surface area contributed by atoms with Gasteiger partial charge in [-0.25, -0.2) is 4.79 Å². The molecule has 0 saturated heterocycles. The van der Waals surface area contributed by atoms with E-state index in [1.54, 1.807) is 11.0 Å². The second kappa shape index (κ2) is 7.99. The highest BCUT2D eigenvalue weighted by Gasteiger charge is 2.16. The Hall–Kier alpha value is -2.05. The van der Waals surface area contributed by atoms with Crippen molar-refractivity contribution < 1.29 is 19.4 Å². The molecule has 0 saturated carbocycles. The van der Waals surface area contributed by atoms with Gasteiger partial charge in [0.25, 0.3) is 5.91 Å². The van der Waals surface area contributed by atoms with Gasteiger partial charge < -0.3 is 14.7 Å². The minimum Gasteiger partial charge on any atom is -0.508 e. The van der Waals surface area contributed by atoms with Crippen molar-refractivity contribution in [3.05, 3.63) is 51.2 Å². The number of nitrogens with zero attached hydrogens (tertiary/aromatic N) is 1. The maximum atomic E-state index is 12.2. The first-order valence-electron chi connectivity index (χ1n) is 6.97. The van der Waals surface area contributed by atoms with Crippen molar-refractivity contribution in [2.45, 2.75) is 13.5 Å². The quantitative estimate of drug-likeness (QED) is 0.809. The third kappa shape index (κ3) is 4.97. The zero-order valence-electron chi connectivity index (χ0n) is 12.5. The average Bonchev–Trinajstić information content (AvgIpc) is 2.95. The first-order valence-corrected chi connectivity index (χ1v) is 8.17. The number of hydrogen-bond acceptors (Lipinski definition) is 5. The smallest absolute Gasteiger partial charge is 0.338 e. The van der Waals surface area contributed by atoms with Gasteiger partial charge in [-0.3, -0.25) is 4.79 Å². The molecule has 0 atom stereocenters. The van der Waals surface area contributed by atoms with Crippen molar-refractivity contribution in [1.82, 2.24) is 4.90 Å². The van der Waals surface area contributed by atoms with Gasteiger partial charge in [-0.05, 0) is 43.3 Å². The van der Waals surface area contributed by atoms with E-state index in [-0.39, 0.29) is 23.8 Å². The topological polar surface area (TPSA) is 66.8 Å². The molecule has 0 radical (unpaired) electrons. The number of amides is 1. The number of esters is 1. The van der Waals surface area contributed by atoms with Gasteiger partial charge in [0.15, 0.2) is 6.61 Å². The van der Waals surface area contributed by atoms with Crippen LogP contribution in [0.3, 0.4) is 0 Å². The molecule has 1 aromatic heterocycles. The first-order chi connectivity index (χ1) is 11.0. The molecule has 0 aliphatic heterocycles. The van der Waals surface area contributed by atoms with Crippen LogP contribution in [-0.4, -0.2) is 35.0 Å². The lowest BCUT2D eigenvalue weighted by molar-refractivity contribution is -0.134. The number of carbonyl (C=O) groups excluding carboxylic acids is 2. The number of phenols is 1. The first kappa shape index (κ1) is 17.3. The molecule has 5 nitrogen and oxygen atoms in total. The molecule has 23 heavy (non-hydrogen) atoms. The Labute approximate surface area is 143 Å². The van der Waals surface area contributed by atoms with Crippen LogP contribution in [0, 0.1) is 0 Å². The normalized spacial score (nSPS) is 10.3. The van der Waals surface area contributed by atoms with Crippen molar-refractivity contribution in [2.75, 3.05) is 13.2 Å². The predicted octanol–water partition coefficient (Wildman–Crippen LogP) is 3.31. The van der Waals surface area contributed by atoms with Crippen molar-refractivity contribution in [1.29, 1.82) is 0 Å². The number of phenolic OH excluding ortho intramolecular Hbond substituents is 1. The Balaban J connectivity index is 1.89. The molecule has 2 aromatic rings. The van der Waals surface area contributed by atoms with E-state index < -0.39 is 5.97 Å². The second-order valence-electron chi connectivity index (χ2n) is 4.74. The molecule has 2 rings (SSSR count). The predicted molar refractivity (Wildman–Crippen MR) is 88.8 cm³/mol. The van der Waals surface area contributed by atoms with Gasteiger partial charge >= 0.3 is 5.97 Å². The molecule has 0 aliphatic rings. The molecule has 0 bridgehead atoms. The summed E-state index contributed by atoms with van der Waals surface area (Å²) in [5.74, 6) is -0.817. The number of ether oxygens (including phenoxy) is 1. The summed E-state index contributed by atoms with van der Waals surface area (Å²) >= 11 is 7.29. The van der Waals surface area contributed by atoms with E-state index >= 15 is 0 Å². The summed E-state index contributed by atoms with van der Waals surface area (Å²) in [6, 6.07) is 9.30. The summed E-state index contributed by atoms with van der Waals surface area (Å²) < 4.78 is 5.69. The molecule has 1 aromatic carbocycles. The van der Waals surface area contributed by atoms with Gasteiger partial charge in [0.2, 0.25) is 0 Å². The highest BCUT2D eigenvalue weighted by molar-refractivity contribution is 7.16. The molecule has 122 valence electrons. The molecule has 1 heterocycles.